The van der Waals surface area contributed by atoms with Crippen LogP contribution >= 0.6 is 0 Å². The Morgan fingerprint density at radius 2 is 2.00 bits per heavy atom. The summed E-state index contributed by atoms with van der Waals surface area (Å²) in [6.45, 7) is 2.25. The van der Waals surface area contributed by atoms with Crippen molar-refractivity contribution in [1.29, 1.82) is 0 Å². The second-order valence-electron chi connectivity index (χ2n) is 6.19. The van der Waals surface area contributed by atoms with E-state index in [9.17, 15) is 4.79 Å². The largest absolute Gasteiger partial charge is 0.481 e. The van der Waals surface area contributed by atoms with Gasteiger partial charge in [-0.15, -0.1) is 0 Å². The summed E-state index contributed by atoms with van der Waals surface area (Å²) in [6.07, 6.45) is 4.20. The number of ether oxygens (including phenoxy) is 1. The Bertz CT molecular complexity index is 685. The van der Waals surface area contributed by atoms with Crippen molar-refractivity contribution >= 4 is 11.9 Å². The van der Waals surface area contributed by atoms with Gasteiger partial charge in [0.1, 0.15) is 0 Å². The maximum atomic E-state index is 12.4. The summed E-state index contributed by atoms with van der Waals surface area (Å²) in [7, 11) is 1.60. The van der Waals surface area contributed by atoms with Gasteiger partial charge in [0.2, 0.25) is 17.7 Å². The van der Waals surface area contributed by atoms with Crippen LogP contribution in [0.3, 0.4) is 0 Å². The Balaban J connectivity index is 1.44. The van der Waals surface area contributed by atoms with Crippen molar-refractivity contribution in [2.24, 2.45) is 5.92 Å². The quantitative estimate of drug-likeness (QED) is 0.872. The Kier molecular flexibility index (Phi) is 5.82. The number of anilines is 1. The minimum Gasteiger partial charge on any atom is -0.481 e. The molecule has 0 spiro atoms. The van der Waals surface area contributed by atoms with Gasteiger partial charge in [-0.25, -0.2) is 4.98 Å². The minimum absolute atomic E-state index is 0.0673. The summed E-state index contributed by atoms with van der Waals surface area (Å²) in [5, 5.41) is 3.07. The number of nitrogens with one attached hydrogen (secondary N) is 1. The summed E-state index contributed by atoms with van der Waals surface area (Å²) >= 11 is 0. The van der Waals surface area contributed by atoms with Gasteiger partial charge in [-0.05, 0) is 24.8 Å². The van der Waals surface area contributed by atoms with E-state index in [1.165, 1.54) is 5.56 Å². The molecule has 0 unspecified atom stereocenters. The van der Waals surface area contributed by atoms with Gasteiger partial charge in [0.15, 0.2) is 0 Å². The first-order chi connectivity index (χ1) is 12.3. The van der Waals surface area contributed by atoms with Crippen LogP contribution in [0.5, 0.6) is 5.88 Å². The Labute approximate surface area is 148 Å². The first-order valence-electron chi connectivity index (χ1n) is 8.70. The number of hydrogen-bond acceptors (Lipinski definition) is 5. The van der Waals surface area contributed by atoms with E-state index in [1.54, 1.807) is 19.4 Å². The van der Waals surface area contributed by atoms with Crippen LogP contribution in [0.4, 0.5) is 5.95 Å². The number of amides is 1. The molecule has 1 aromatic heterocycles. The summed E-state index contributed by atoms with van der Waals surface area (Å²) in [6, 6.07) is 11.9. The van der Waals surface area contributed by atoms with Gasteiger partial charge >= 0.3 is 0 Å². The van der Waals surface area contributed by atoms with Crippen LogP contribution in [0.2, 0.25) is 0 Å². The fraction of sp³-hybridized carbons (Fsp3) is 0.421. The molecule has 1 fully saturated rings. The minimum atomic E-state index is 0.0673. The third kappa shape index (κ3) is 4.68. The number of rotatable bonds is 6. The smallest absolute Gasteiger partial charge is 0.228 e. The number of piperidine rings is 1. The van der Waals surface area contributed by atoms with Crippen molar-refractivity contribution in [1.82, 2.24) is 15.3 Å². The zero-order chi connectivity index (χ0) is 17.5. The van der Waals surface area contributed by atoms with E-state index >= 15 is 0 Å². The molecule has 0 saturated carbocycles. The van der Waals surface area contributed by atoms with E-state index in [4.69, 9.17) is 4.74 Å². The van der Waals surface area contributed by atoms with Gasteiger partial charge in [0.25, 0.3) is 0 Å². The van der Waals surface area contributed by atoms with Gasteiger partial charge in [0.05, 0.1) is 7.11 Å². The van der Waals surface area contributed by atoms with Gasteiger partial charge in [-0.2, -0.15) is 4.98 Å². The number of carbonyl (C=O) groups excluding carboxylic acids is 1. The van der Waals surface area contributed by atoms with Crippen LogP contribution < -0.4 is 15.0 Å². The molecule has 3 rings (SSSR count). The predicted octanol–water partition coefficient (Wildman–Crippen LogP) is 2.06. The van der Waals surface area contributed by atoms with Crippen molar-refractivity contribution in [3.05, 3.63) is 48.2 Å². The second kappa shape index (κ2) is 8.46. The highest BCUT2D eigenvalue weighted by molar-refractivity contribution is 5.78. The van der Waals surface area contributed by atoms with E-state index in [2.05, 4.69) is 32.3 Å². The SMILES string of the molecule is COc1ccnc(N2CCC(C(=O)NCCc3ccccc3)CC2)n1. The summed E-state index contributed by atoms with van der Waals surface area (Å²) in [4.78, 5) is 23.1. The Hall–Kier alpha value is -2.63. The van der Waals surface area contributed by atoms with Crippen LogP contribution in [-0.2, 0) is 11.2 Å². The molecule has 25 heavy (non-hydrogen) atoms. The van der Waals surface area contributed by atoms with E-state index < -0.39 is 0 Å². The summed E-state index contributed by atoms with van der Waals surface area (Å²) in [5.41, 5.74) is 1.24. The third-order valence-corrected chi connectivity index (χ3v) is 4.53. The molecule has 1 N–H and O–H groups in total. The second-order valence-corrected chi connectivity index (χ2v) is 6.19. The Morgan fingerprint density at radius 3 is 2.72 bits per heavy atom. The lowest BCUT2D eigenvalue weighted by atomic mass is 9.96. The number of nitrogens with zero attached hydrogens (tertiary/aromatic N) is 3. The zero-order valence-corrected chi connectivity index (χ0v) is 14.5. The highest BCUT2D eigenvalue weighted by Crippen LogP contribution is 2.21. The number of benzene rings is 1. The molecule has 1 aliphatic heterocycles. The van der Waals surface area contributed by atoms with Gasteiger partial charge < -0.3 is 15.0 Å². The molecule has 1 aliphatic rings. The van der Waals surface area contributed by atoms with Crippen molar-refractivity contribution < 1.29 is 9.53 Å². The molecule has 0 atom stereocenters. The average molecular weight is 340 g/mol. The molecule has 6 heteroatoms. The molecule has 6 nitrogen and oxygen atoms in total. The van der Waals surface area contributed by atoms with E-state index in [-0.39, 0.29) is 11.8 Å². The first-order valence-corrected chi connectivity index (χ1v) is 8.70. The Morgan fingerprint density at radius 1 is 1.24 bits per heavy atom. The number of aromatic nitrogens is 2. The molecule has 0 radical (unpaired) electrons. The average Bonchev–Trinajstić information content (AvgIpc) is 2.69. The van der Waals surface area contributed by atoms with Crippen molar-refractivity contribution in [2.75, 3.05) is 31.6 Å². The number of methoxy groups -OCH3 is 1. The van der Waals surface area contributed by atoms with Crippen LogP contribution in [0.15, 0.2) is 42.6 Å². The molecule has 0 aliphatic carbocycles. The van der Waals surface area contributed by atoms with Gasteiger partial charge in [-0.1, -0.05) is 30.3 Å². The molecule has 1 amide bonds. The lowest BCUT2D eigenvalue weighted by Crippen LogP contribution is -2.41. The van der Waals surface area contributed by atoms with Crippen molar-refractivity contribution in [3.8, 4) is 5.88 Å². The standard InChI is InChI=1S/C19H24N4O2/c1-25-17-8-12-21-19(22-17)23-13-9-16(10-14-23)18(24)20-11-7-15-5-3-2-4-6-15/h2-6,8,12,16H,7,9-11,13-14H2,1H3,(H,20,24). The summed E-state index contributed by atoms with van der Waals surface area (Å²) < 4.78 is 5.14. The monoisotopic (exact) mass is 340 g/mol. The third-order valence-electron chi connectivity index (χ3n) is 4.53. The highest BCUT2D eigenvalue weighted by Gasteiger charge is 2.26. The topological polar surface area (TPSA) is 67.3 Å². The molecular weight excluding hydrogens is 316 g/mol. The maximum absolute atomic E-state index is 12.4. The fourth-order valence-corrected chi connectivity index (χ4v) is 3.06. The maximum Gasteiger partial charge on any atom is 0.228 e. The zero-order valence-electron chi connectivity index (χ0n) is 14.5. The summed E-state index contributed by atoms with van der Waals surface area (Å²) in [5.74, 6) is 1.45. The number of hydrogen-bond donors (Lipinski definition) is 1. The molecule has 132 valence electrons. The molecular formula is C19H24N4O2. The predicted molar refractivity (Wildman–Crippen MR) is 96.7 cm³/mol. The van der Waals surface area contributed by atoms with E-state index in [0.29, 0.717) is 18.4 Å². The van der Waals surface area contributed by atoms with Crippen LogP contribution in [0.1, 0.15) is 18.4 Å². The lowest BCUT2D eigenvalue weighted by Gasteiger charge is -2.31. The molecule has 1 aromatic carbocycles. The molecule has 2 heterocycles. The van der Waals surface area contributed by atoms with E-state index in [0.717, 1.165) is 32.4 Å². The van der Waals surface area contributed by atoms with Crippen LogP contribution in [-0.4, -0.2) is 42.6 Å². The van der Waals surface area contributed by atoms with Crippen LogP contribution in [0.25, 0.3) is 0 Å². The van der Waals surface area contributed by atoms with Crippen molar-refractivity contribution in [2.45, 2.75) is 19.3 Å². The molecule has 0 bridgehead atoms. The number of carbonyl (C=O) groups is 1. The van der Waals surface area contributed by atoms with E-state index in [1.807, 2.05) is 18.2 Å². The normalized spacial score (nSPS) is 15.0. The fourth-order valence-electron chi connectivity index (χ4n) is 3.06. The highest BCUT2D eigenvalue weighted by atomic mass is 16.5. The molecule has 2 aromatic rings. The first kappa shape index (κ1) is 17.2. The van der Waals surface area contributed by atoms with Crippen LogP contribution in [0, 0.1) is 5.92 Å². The lowest BCUT2D eigenvalue weighted by molar-refractivity contribution is -0.125. The molecule has 1 saturated heterocycles. The van der Waals surface area contributed by atoms with Gasteiger partial charge in [0, 0.05) is 37.8 Å². The van der Waals surface area contributed by atoms with Crippen molar-refractivity contribution in [3.63, 3.8) is 0 Å². The van der Waals surface area contributed by atoms with Gasteiger partial charge in [-0.3, -0.25) is 4.79 Å².